The predicted octanol–water partition coefficient (Wildman–Crippen LogP) is 3.53. The van der Waals surface area contributed by atoms with Crippen molar-refractivity contribution in [2.75, 3.05) is 27.2 Å². The maximum absolute atomic E-state index is 13.3. The monoisotopic (exact) mass is 442 g/mol. The molecule has 1 saturated heterocycles. The van der Waals surface area contributed by atoms with Gasteiger partial charge in [0.15, 0.2) is 0 Å². The second kappa shape index (κ2) is 9.96. The van der Waals surface area contributed by atoms with Gasteiger partial charge in [0.05, 0.1) is 13.0 Å². The van der Waals surface area contributed by atoms with Crippen LogP contribution in [0.15, 0.2) is 48.5 Å². The number of ether oxygens (including phenoxy) is 1. The summed E-state index contributed by atoms with van der Waals surface area (Å²) in [4.78, 5) is 41.6. The first-order valence-corrected chi connectivity index (χ1v) is 10.6. The van der Waals surface area contributed by atoms with E-state index < -0.39 is 5.92 Å². The molecule has 0 aliphatic carbocycles. The molecule has 3 amide bonds. The number of methoxy groups -OCH3 is 1. The van der Waals surface area contributed by atoms with Crippen molar-refractivity contribution >= 4 is 29.3 Å². The molecule has 6 nitrogen and oxygen atoms in total. The Morgan fingerprint density at radius 2 is 1.90 bits per heavy atom. The fraction of sp³-hybridized carbons (Fsp3) is 0.375. The summed E-state index contributed by atoms with van der Waals surface area (Å²) >= 11 is 6.14. The largest absolute Gasteiger partial charge is 0.496 e. The molecule has 0 aromatic heterocycles. The highest BCUT2D eigenvalue weighted by atomic mass is 35.5. The van der Waals surface area contributed by atoms with Gasteiger partial charge in [-0.25, -0.2) is 0 Å². The molecule has 2 aromatic rings. The first-order valence-electron chi connectivity index (χ1n) is 10.3. The van der Waals surface area contributed by atoms with Gasteiger partial charge in [0, 0.05) is 25.0 Å². The zero-order chi connectivity index (χ0) is 22.5. The van der Waals surface area contributed by atoms with Crippen molar-refractivity contribution in [2.45, 2.75) is 25.7 Å². The number of carbonyl (C=O) groups is 3. The molecule has 0 bridgehead atoms. The van der Waals surface area contributed by atoms with Crippen molar-refractivity contribution in [1.29, 1.82) is 0 Å². The quantitative estimate of drug-likeness (QED) is 0.686. The minimum absolute atomic E-state index is 0.0657. The van der Waals surface area contributed by atoms with Gasteiger partial charge >= 0.3 is 0 Å². The SMILES string of the molecule is COc1ccc(Cl)cc1CC1CN(C)C(=O)CN(C(=O)C[C@H](C)c2ccccc2)C1=O. The Morgan fingerprint density at radius 1 is 1.19 bits per heavy atom. The smallest absolute Gasteiger partial charge is 0.242 e. The van der Waals surface area contributed by atoms with Gasteiger partial charge in [-0.05, 0) is 41.7 Å². The highest BCUT2D eigenvalue weighted by Crippen LogP contribution is 2.28. The fourth-order valence-corrected chi connectivity index (χ4v) is 4.07. The van der Waals surface area contributed by atoms with E-state index in [-0.39, 0.29) is 43.1 Å². The average molecular weight is 443 g/mol. The molecule has 164 valence electrons. The average Bonchev–Trinajstić information content (AvgIpc) is 2.86. The van der Waals surface area contributed by atoms with Crippen molar-refractivity contribution in [2.24, 2.45) is 5.92 Å². The van der Waals surface area contributed by atoms with E-state index >= 15 is 0 Å². The number of amides is 3. The van der Waals surface area contributed by atoms with Gasteiger partial charge in [-0.1, -0.05) is 48.9 Å². The molecule has 1 aliphatic heterocycles. The van der Waals surface area contributed by atoms with E-state index in [1.54, 1.807) is 32.4 Å². The maximum Gasteiger partial charge on any atom is 0.242 e. The fourth-order valence-electron chi connectivity index (χ4n) is 3.87. The van der Waals surface area contributed by atoms with Crippen molar-refractivity contribution in [3.63, 3.8) is 0 Å². The molecular formula is C24H27ClN2O4. The molecule has 31 heavy (non-hydrogen) atoms. The molecule has 2 atom stereocenters. The lowest BCUT2D eigenvalue weighted by Gasteiger charge is -2.23. The number of imide groups is 1. The van der Waals surface area contributed by atoms with Crippen molar-refractivity contribution < 1.29 is 19.1 Å². The van der Waals surface area contributed by atoms with Gasteiger partial charge in [0.1, 0.15) is 12.3 Å². The Hall–Kier alpha value is -2.86. The molecule has 1 unspecified atom stereocenters. The van der Waals surface area contributed by atoms with E-state index in [4.69, 9.17) is 16.3 Å². The van der Waals surface area contributed by atoms with Crippen LogP contribution in [0.5, 0.6) is 5.75 Å². The maximum atomic E-state index is 13.3. The third kappa shape index (κ3) is 5.44. The summed E-state index contributed by atoms with van der Waals surface area (Å²) < 4.78 is 5.40. The van der Waals surface area contributed by atoms with Crippen LogP contribution in [-0.4, -0.2) is 54.8 Å². The normalized spacial score (nSPS) is 18.0. The molecule has 1 heterocycles. The van der Waals surface area contributed by atoms with Crippen molar-refractivity contribution in [3.05, 3.63) is 64.7 Å². The molecule has 0 spiro atoms. The summed E-state index contributed by atoms with van der Waals surface area (Å²) in [6.07, 6.45) is 0.470. The predicted molar refractivity (Wildman–Crippen MR) is 119 cm³/mol. The van der Waals surface area contributed by atoms with Gasteiger partial charge in [-0.15, -0.1) is 0 Å². The van der Waals surface area contributed by atoms with Gasteiger partial charge < -0.3 is 9.64 Å². The Kier molecular flexibility index (Phi) is 7.33. The van der Waals surface area contributed by atoms with Gasteiger partial charge in [-0.2, -0.15) is 0 Å². The van der Waals surface area contributed by atoms with E-state index in [0.717, 1.165) is 16.0 Å². The summed E-state index contributed by atoms with van der Waals surface area (Å²) in [5.74, 6) is -0.956. The number of rotatable bonds is 6. The molecule has 3 rings (SSSR count). The van der Waals surface area contributed by atoms with Crippen LogP contribution in [0.1, 0.15) is 30.4 Å². The van der Waals surface area contributed by atoms with Crippen LogP contribution in [0.2, 0.25) is 5.02 Å². The molecule has 1 aliphatic rings. The second-order valence-corrected chi connectivity index (χ2v) is 8.40. The molecular weight excluding hydrogens is 416 g/mol. The molecule has 0 N–H and O–H groups in total. The van der Waals surface area contributed by atoms with Gasteiger partial charge in [-0.3, -0.25) is 19.3 Å². The lowest BCUT2D eigenvalue weighted by Crippen LogP contribution is -2.43. The van der Waals surface area contributed by atoms with Crippen LogP contribution in [0.4, 0.5) is 0 Å². The summed E-state index contributed by atoms with van der Waals surface area (Å²) in [7, 11) is 3.20. The third-order valence-corrected chi connectivity index (χ3v) is 5.92. The zero-order valence-corrected chi connectivity index (χ0v) is 18.8. The van der Waals surface area contributed by atoms with Crippen LogP contribution in [-0.2, 0) is 20.8 Å². The highest BCUT2D eigenvalue weighted by Gasteiger charge is 2.36. The third-order valence-electron chi connectivity index (χ3n) is 5.69. The van der Waals surface area contributed by atoms with E-state index in [1.807, 2.05) is 37.3 Å². The lowest BCUT2D eigenvalue weighted by molar-refractivity contribution is -0.149. The van der Waals surface area contributed by atoms with Crippen molar-refractivity contribution in [3.8, 4) is 5.75 Å². The summed E-state index contributed by atoms with van der Waals surface area (Å²) in [5.41, 5.74) is 1.78. The zero-order valence-electron chi connectivity index (χ0n) is 18.0. The number of benzene rings is 2. The number of carbonyl (C=O) groups excluding carboxylic acids is 3. The first kappa shape index (κ1) is 22.8. The highest BCUT2D eigenvalue weighted by molar-refractivity contribution is 6.30. The summed E-state index contributed by atoms with van der Waals surface area (Å²) in [6, 6.07) is 14.9. The summed E-state index contributed by atoms with van der Waals surface area (Å²) in [5, 5.41) is 0.533. The van der Waals surface area contributed by atoms with Crippen LogP contribution < -0.4 is 4.74 Å². The molecule has 0 radical (unpaired) electrons. The minimum Gasteiger partial charge on any atom is -0.496 e. The Morgan fingerprint density at radius 3 is 2.58 bits per heavy atom. The van der Waals surface area contributed by atoms with Crippen LogP contribution in [0.25, 0.3) is 0 Å². The van der Waals surface area contributed by atoms with E-state index in [1.165, 1.54) is 4.90 Å². The van der Waals surface area contributed by atoms with Crippen LogP contribution >= 0.6 is 11.6 Å². The Bertz CT molecular complexity index is 963. The van der Waals surface area contributed by atoms with E-state index in [2.05, 4.69) is 0 Å². The number of nitrogens with zero attached hydrogens (tertiary/aromatic N) is 2. The number of hydrogen-bond acceptors (Lipinski definition) is 4. The minimum atomic E-state index is -0.570. The standard InChI is InChI=1S/C24H27ClN2O4/c1-16(17-7-5-4-6-8-17)11-22(28)27-15-23(29)26(2)14-19(24(27)30)12-18-13-20(25)9-10-21(18)31-3/h4-10,13,16,19H,11-12,14-15H2,1-3H3/t16-,19?/m0/s1. The van der Waals surface area contributed by atoms with Gasteiger partial charge in [0.2, 0.25) is 17.7 Å². The first-order chi connectivity index (χ1) is 14.8. The number of hydrogen-bond donors (Lipinski definition) is 0. The molecule has 7 heteroatoms. The number of halogens is 1. The molecule has 1 fully saturated rings. The van der Waals surface area contributed by atoms with Crippen LogP contribution in [0, 0.1) is 5.92 Å². The van der Waals surface area contributed by atoms with E-state index in [0.29, 0.717) is 17.2 Å². The van der Waals surface area contributed by atoms with E-state index in [9.17, 15) is 14.4 Å². The Balaban J connectivity index is 1.82. The topological polar surface area (TPSA) is 66.9 Å². The van der Waals surface area contributed by atoms with Crippen molar-refractivity contribution in [1.82, 2.24) is 9.80 Å². The molecule has 0 saturated carbocycles. The Labute approximate surface area is 187 Å². The lowest BCUT2D eigenvalue weighted by atomic mass is 9.95. The summed E-state index contributed by atoms with van der Waals surface area (Å²) in [6.45, 7) is 1.93. The molecule has 2 aromatic carbocycles. The second-order valence-electron chi connectivity index (χ2n) is 7.97. The number of likely N-dealkylation sites (N-methyl/N-ethyl adjacent to an activating group) is 1. The van der Waals surface area contributed by atoms with Crippen LogP contribution in [0.3, 0.4) is 0 Å². The van der Waals surface area contributed by atoms with Gasteiger partial charge in [0.25, 0.3) is 0 Å².